The lowest BCUT2D eigenvalue weighted by atomic mass is 9.93. The van der Waals surface area contributed by atoms with Crippen LogP contribution in [0.5, 0.6) is 0 Å². The fourth-order valence-electron chi connectivity index (χ4n) is 3.26. The first-order chi connectivity index (χ1) is 11.4. The van der Waals surface area contributed by atoms with Crippen molar-refractivity contribution in [1.29, 1.82) is 0 Å². The van der Waals surface area contributed by atoms with Gasteiger partial charge in [0.1, 0.15) is 0 Å². The van der Waals surface area contributed by atoms with E-state index in [0.29, 0.717) is 35.8 Å². The summed E-state index contributed by atoms with van der Waals surface area (Å²) in [7, 11) is 0. The minimum atomic E-state index is -0.272. The van der Waals surface area contributed by atoms with E-state index in [1.165, 1.54) is 0 Å². The summed E-state index contributed by atoms with van der Waals surface area (Å²) in [5, 5.41) is 1.49. The standard InChI is InChI=1S/C18H20ClN3O2/c1-11-15(10-13-9-14(19)2-3-16(13)21-11)18(24)22-6-4-12(5-7-22)8-17(20)23/h2-3,9-10,12H,4-8H2,1H3,(H2,20,23). The van der Waals surface area contributed by atoms with Gasteiger partial charge in [-0.3, -0.25) is 14.6 Å². The third kappa shape index (κ3) is 3.51. The molecule has 0 atom stereocenters. The van der Waals surface area contributed by atoms with Gasteiger partial charge in [0, 0.05) is 29.9 Å². The molecule has 1 fully saturated rings. The SMILES string of the molecule is Cc1nc2ccc(Cl)cc2cc1C(=O)N1CCC(CC(N)=O)CC1. The van der Waals surface area contributed by atoms with Gasteiger partial charge in [0.05, 0.1) is 16.8 Å². The summed E-state index contributed by atoms with van der Waals surface area (Å²) >= 11 is 6.04. The highest BCUT2D eigenvalue weighted by atomic mass is 35.5. The summed E-state index contributed by atoms with van der Waals surface area (Å²) in [6.45, 7) is 3.13. The zero-order valence-electron chi connectivity index (χ0n) is 13.6. The fraction of sp³-hybridized carbons (Fsp3) is 0.389. The number of hydrogen-bond acceptors (Lipinski definition) is 3. The summed E-state index contributed by atoms with van der Waals surface area (Å²) in [6.07, 6.45) is 2.01. The number of likely N-dealkylation sites (tertiary alicyclic amines) is 1. The second kappa shape index (κ2) is 6.77. The van der Waals surface area contributed by atoms with E-state index in [9.17, 15) is 9.59 Å². The van der Waals surface area contributed by atoms with E-state index in [1.54, 1.807) is 6.07 Å². The third-order valence-corrected chi connectivity index (χ3v) is 4.82. The van der Waals surface area contributed by atoms with Crippen LogP contribution in [0.3, 0.4) is 0 Å². The van der Waals surface area contributed by atoms with Crippen molar-refractivity contribution >= 4 is 34.3 Å². The predicted octanol–water partition coefficient (Wildman–Crippen LogP) is 2.92. The molecule has 2 aromatic rings. The number of halogens is 1. The van der Waals surface area contributed by atoms with Gasteiger partial charge < -0.3 is 10.6 Å². The van der Waals surface area contributed by atoms with E-state index in [0.717, 1.165) is 23.7 Å². The lowest BCUT2D eigenvalue weighted by Gasteiger charge is -2.31. The Labute approximate surface area is 145 Å². The number of piperidine rings is 1. The molecular formula is C18H20ClN3O2. The Balaban J connectivity index is 1.79. The van der Waals surface area contributed by atoms with E-state index in [1.807, 2.05) is 30.0 Å². The van der Waals surface area contributed by atoms with Gasteiger partial charge in [-0.2, -0.15) is 0 Å². The smallest absolute Gasteiger partial charge is 0.255 e. The number of primary amides is 1. The van der Waals surface area contributed by atoms with Gasteiger partial charge in [-0.25, -0.2) is 0 Å². The Morgan fingerprint density at radius 3 is 2.67 bits per heavy atom. The number of rotatable bonds is 3. The molecule has 1 aliphatic heterocycles. The Morgan fingerprint density at radius 2 is 2.00 bits per heavy atom. The highest BCUT2D eigenvalue weighted by molar-refractivity contribution is 6.31. The van der Waals surface area contributed by atoms with Crippen LogP contribution in [-0.4, -0.2) is 34.8 Å². The number of pyridine rings is 1. The fourth-order valence-corrected chi connectivity index (χ4v) is 3.44. The molecule has 0 radical (unpaired) electrons. The Kier molecular flexibility index (Phi) is 4.71. The molecule has 2 N–H and O–H groups in total. The molecule has 0 aliphatic carbocycles. The largest absolute Gasteiger partial charge is 0.370 e. The summed E-state index contributed by atoms with van der Waals surface area (Å²) in [6, 6.07) is 7.33. The zero-order chi connectivity index (χ0) is 17.3. The van der Waals surface area contributed by atoms with Crippen molar-refractivity contribution in [3.05, 3.63) is 40.5 Å². The number of benzene rings is 1. The van der Waals surface area contributed by atoms with Crippen molar-refractivity contribution in [2.24, 2.45) is 11.7 Å². The molecule has 2 amide bonds. The molecule has 24 heavy (non-hydrogen) atoms. The monoisotopic (exact) mass is 345 g/mol. The Hall–Kier alpha value is -2.14. The van der Waals surface area contributed by atoms with Crippen LogP contribution in [0.1, 0.15) is 35.3 Å². The first kappa shape index (κ1) is 16.7. The van der Waals surface area contributed by atoms with Crippen molar-refractivity contribution in [3.63, 3.8) is 0 Å². The van der Waals surface area contributed by atoms with Crippen LogP contribution in [0, 0.1) is 12.8 Å². The third-order valence-electron chi connectivity index (χ3n) is 4.59. The normalized spacial score (nSPS) is 15.7. The maximum atomic E-state index is 12.8. The summed E-state index contributed by atoms with van der Waals surface area (Å²) in [5.74, 6) is -0.00758. The van der Waals surface area contributed by atoms with Crippen LogP contribution < -0.4 is 5.73 Å². The number of aromatic nitrogens is 1. The van der Waals surface area contributed by atoms with Gasteiger partial charge in [-0.1, -0.05) is 11.6 Å². The highest BCUT2D eigenvalue weighted by Gasteiger charge is 2.25. The second-order valence-corrected chi connectivity index (χ2v) is 6.80. The van der Waals surface area contributed by atoms with Crippen molar-refractivity contribution in [1.82, 2.24) is 9.88 Å². The molecular weight excluding hydrogens is 326 g/mol. The average Bonchev–Trinajstić information content (AvgIpc) is 2.54. The molecule has 0 unspecified atom stereocenters. The van der Waals surface area contributed by atoms with E-state index in [-0.39, 0.29) is 17.7 Å². The van der Waals surface area contributed by atoms with Gasteiger partial charge in [-0.05, 0) is 49.9 Å². The molecule has 1 aromatic carbocycles. The van der Waals surface area contributed by atoms with Gasteiger partial charge >= 0.3 is 0 Å². The molecule has 0 spiro atoms. The summed E-state index contributed by atoms with van der Waals surface area (Å²) < 4.78 is 0. The number of aryl methyl sites for hydroxylation is 1. The average molecular weight is 346 g/mol. The summed E-state index contributed by atoms with van der Waals surface area (Å²) in [4.78, 5) is 30.2. The van der Waals surface area contributed by atoms with Gasteiger partial charge in [-0.15, -0.1) is 0 Å². The van der Waals surface area contributed by atoms with Gasteiger partial charge in [0.15, 0.2) is 0 Å². The number of nitrogens with two attached hydrogens (primary N) is 1. The molecule has 1 aliphatic rings. The Morgan fingerprint density at radius 1 is 1.29 bits per heavy atom. The quantitative estimate of drug-likeness (QED) is 0.929. The second-order valence-electron chi connectivity index (χ2n) is 6.36. The lowest BCUT2D eigenvalue weighted by Crippen LogP contribution is -2.39. The lowest BCUT2D eigenvalue weighted by molar-refractivity contribution is -0.119. The molecule has 5 nitrogen and oxygen atoms in total. The van der Waals surface area contributed by atoms with Crippen LogP contribution in [0.4, 0.5) is 0 Å². The van der Waals surface area contributed by atoms with Crippen molar-refractivity contribution in [3.8, 4) is 0 Å². The molecule has 0 bridgehead atoms. The Bertz CT molecular complexity index is 798. The van der Waals surface area contributed by atoms with Crippen LogP contribution in [0.25, 0.3) is 10.9 Å². The van der Waals surface area contributed by atoms with Crippen molar-refractivity contribution in [2.45, 2.75) is 26.2 Å². The van der Waals surface area contributed by atoms with E-state index >= 15 is 0 Å². The minimum Gasteiger partial charge on any atom is -0.370 e. The van der Waals surface area contributed by atoms with Crippen LogP contribution in [0.2, 0.25) is 5.02 Å². The van der Waals surface area contributed by atoms with Crippen molar-refractivity contribution in [2.75, 3.05) is 13.1 Å². The molecule has 6 heteroatoms. The first-order valence-corrected chi connectivity index (χ1v) is 8.46. The summed E-state index contributed by atoms with van der Waals surface area (Å²) in [5.41, 5.74) is 7.41. The van der Waals surface area contributed by atoms with E-state index in [2.05, 4.69) is 4.98 Å². The number of fused-ring (bicyclic) bond motifs is 1. The number of nitrogens with zero attached hydrogens (tertiary/aromatic N) is 2. The van der Waals surface area contributed by atoms with Crippen LogP contribution in [-0.2, 0) is 4.79 Å². The predicted molar refractivity (Wildman–Crippen MR) is 93.9 cm³/mol. The minimum absolute atomic E-state index is 0.0144. The van der Waals surface area contributed by atoms with E-state index < -0.39 is 0 Å². The number of amides is 2. The molecule has 0 saturated carbocycles. The molecule has 126 valence electrons. The molecule has 1 saturated heterocycles. The maximum absolute atomic E-state index is 12.8. The van der Waals surface area contributed by atoms with E-state index in [4.69, 9.17) is 17.3 Å². The van der Waals surface area contributed by atoms with Crippen molar-refractivity contribution < 1.29 is 9.59 Å². The highest BCUT2D eigenvalue weighted by Crippen LogP contribution is 2.25. The van der Waals surface area contributed by atoms with Crippen LogP contribution >= 0.6 is 11.6 Å². The van der Waals surface area contributed by atoms with Gasteiger partial charge in [0.2, 0.25) is 5.91 Å². The zero-order valence-corrected chi connectivity index (χ0v) is 14.3. The molecule has 1 aromatic heterocycles. The topological polar surface area (TPSA) is 76.3 Å². The number of carbonyl (C=O) groups excluding carboxylic acids is 2. The van der Waals surface area contributed by atoms with Crippen LogP contribution in [0.15, 0.2) is 24.3 Å². The number of carbonyl (C=O) groups is 2. The first-order valence-electron chi connectivity index (χ1n) is 8.08. The molecule has 3 rings (SSSR count). The maximum Gasteiger partial charge on any atom is 0.255 e. The van der Waals surface area contributed by atoms with Gasteiger partial charge in [0.25, 0.3) is 5.91 Å². The number of hydrogen-bond donors (Lipinski definition) is 1. The molecule has 2 heterocycles.